The van der Waals surface area contributed by atoms with E-state index in [0.717, 1.165) is 5.56 Å². The third-order valence-electron chi connectivity index (χ3n) is 2.39. The Hall–Kier alpha value is -1.36. The highest BCUT2D eigenvalue weighted by atomic mass is 32.2. The van der Waals surface area contributed by atoms with E-state index in [1.807, 2.05) is 30.3 Å². The van der Waals surface area contributed by atoms with Crippen LogP contribution in [0.3, 0.4) is 0 Å². The van der Waals surface area contributed by atoms with E-state index < -0.39 is 15.8 Å². The number of sulfone groups is 1. The smallest absolute Gasteiger partial charge is 0.306 e. The third-order valence-corrected chi connectivity index (χ3v) is 4.04. The summed E-state index contributed by atoms with van der Waals surface area (Å²) in [6, 6.07) is 9.40. The van der Waals surface area contributed by atoms with Crippen molar-refractivity contribution >= 4 is 15.8 Å². The standard InChI is InChI=1S/C12H16O4S/c1-16-12(13)8-10-17(14,15)9-7-11-5-3-2-4-6-11/h2-6H,7-10H2,1H3. The monoisotopic (exact) mass is 256 g/mol. The number of methoxy groups -OCH3 is 1. The lowest BCUT2D eigenvalue weighted by atomic mass is 10.2. The number of ether oxygens (including phenoxy) is 1. The summed E-state index contributed by atoms with van der Waals surface area (Å²) >= 11 is 0. The van der Waals surface area contributed by atoms with E-state index in [0.29, 0.717) is 6.42 Å². The number of hydrogen-bond acceptors (Lipinski definition) is 4. The fourth-order valence-corrected chi connectivity index (χ4v) is 2.59. The van der Waals surface area contributed by atoms with Gasteiger partial charge in [0, 0.05) is 0 Å². The molecule has 0 N–H and O–H groups in total. The van der Waals surface area contributed by atoms with Gasteiger partial charge in [-0.2, -0.15) is 0 Å². The number of benzene rings is 1. The second-order valence-corrected chi connectivity index (χ2v) is 6.02. The summed E-state index contributed by atoms with van der Waals surface area (Å²) in [5.41, 5.74) is 0.981. The molecule has 1 aromatic rings. The SMILES string of the molecule is COC(=O)CCS(=O)(=O)CCc1ccccc1. The molecule has 0 saturated carbocycles. The first-order valence-corrected chi connectivity index (χ1v) is 7.17. The van der Waals surface area contributed by atoms with Gasteiger partial charge in [0.2, 0.25) is 0 Å². The van der Waals surface area contributed by atoms with Crippen LogP contribution in [0.2, 0.25) is 0 Å². The van der Waals surface area contributed by atoms with Crippen LogP contribution in [0, 0.1) is 0 Å². The van der Waals surface area contributed by atoms with E-state index >= 15 is 0 Å². The maximum absolute atomic E-state index is 11.6. The third kappa shape index (κ3) is 5.49. The molecule has 0 spiro atoms. The van der Waals surface area contributed by atoms with Crippen LogP contribution in [0.4, 0.5) is 0 Å². The van der Waals surface area contributed by atoms with E-state index in [2.05, 4.69) is 4.74 Å². The minimum atomic E-state index is -3.19. The highest BCUT2D eigenvalue weighted by Crippen LogP contribution is 2.04. The highest BCUT2D eigenvalue weighted by molar-refractivity contribution is 7.91. The number of hydrogen-bond donors (Lipinski definition) is 0. The molecule has 0 aliphatic carbocycles. The molecule has 0 aliphatic heterocycles. The zero-order valence-electron chi connectivity index (χ0n) is 9.76. The fourth-order valence-electron chi connectivity index (χ4n) is 1.36. The van der Waals surface area contributed by atoms with Crippen molar-refractivity contribution in [3.05, 3.63) is 35.9 Å². The molecule has 94 valence electrons. The summed E-state index contributed by atoms with van der Waals surface area (Å²) in [6.07, 6.45) is 0.401. The van der Waals surface area contributed by atoms with Crippen molar-refractivity contribution in [2.45, 2.75) is 12.8 Å². The summed E-state index contributed by atoms with van der Waals surface area (Å²) in [4.78, 5) is 10.8. The molecule has 0 fully saturated rings. The van der Waals surface area contributed by atoms with Crippen molar-refractivity contribution < 1.29 is 17.9 Å². The molecule has 0 amide bonds. The summed E-state index contributed by atoms with van der Waals surface area (Å²) in [7, 11) is -1.94. The van der Waals surface area contributed by atoms with Crippen LogP contribution in [0.1, 0.15) is 12.0 Å². The van der Waals surface area contributed by atoms with E-state index in [4.69, 9.17) is 0 Å². The van der Waals surface area contributed by atoms with Gasteiger partial charge in [-0.15, -0.1) is 0 Å². The molecular weight excluding hydrogens is 240 g/mol. The molecule has 1 rings (SSSR count). The van der Waals surface area contributed by atoms with E-state index in [-0.39, 0.29) is 17.9 Å². The van der Waals surface area contributed by atoms with Crippen LogP contribution in [-0.4, -0.2) is 33.0 Å². The summed E-state index contributed by atoms with van der Waals surface area (Å²) in [5.74, 6) is -0.575. The molecule has 0 radical (unpaired) electrons. The van der Waals surface area contributed by atoms with Gasteiger partial charge in [-0.3, -0.25) is 4.79 Å². The second kappa shape index (κ2) is 6.39. The van der Waals surface area contributed by atoms with Crippen LogP contribution >= 0.6 is 0 Å². The molecule has 0 atom stereocenters. The lowest BCUT2D eigenvalue weighted by Crippen LogP contribution is -2.16. The largest absolute Gasteiger partial charge is 0.469 e. The van der Waals surface area contributed by atoms with E-state index in [1.54, 1.807) is 0 Å². The number of carbonyl (C=O) groups excluding carboxylic acids is 1. The van der Waals surface area contributed by atoms with Gasteiger partial charge in [0.15, 0.2) is 9.84 Å². The van der Waals surface area contributed by atoms with Crippen molar-refractivity contribution in [1.82, 2.24) is 0 Å². The zero-order valence-corrected chi connectivity index (χ0v) is 10.6. The van der Waals surface area contributed by atoms with Crippen molar-refractivity contribution in [3.63, 3.8) is 0 Å². The summed E-state index contributed by atoms with van der Waals surface area (Å²) < 4.78 is 27.6. The van der Waals surface area contributed by atoms with Gasteiger partial charge >= 0.3 is 5.97 Å². The van der Waals surface area contributed by atoms with E-state index in [9.17, 15) is 13.2 Å². The predicted molar refractivity (Wildman–Crippen MR) is 65.4 cm³/mol. The Bertz CT molecular complexity index is 451. The first kappa shape index (κ1) is 13.7. The Morgan fingerprint density at radius 2 is 1.82 bits per heavy atom. The minimum Gasteiger partial charge on any atom is -0.469 e. The Balaban J connectivity index is 2.42. The summed E-state index contributed by atoms with van der Waals surface area (Å²) in [6.45, 7) is 0. The average molecular weight is 256 g/mol. The molecule has 0 heterocycles. The Morgan fingerprint density at radius 3 is 2.41 bits per heavy atom. The van der Waals surface area contributed by atoms with Crippen LogP contribution in [-0.2, 0) is 25.8 Å². The van der Waals surface area contributed by atoms with Gasteiger partial charge < -0.3 is 4.74 Å². The maximum atomic E-state index is 11.6. The molecule has 0 aliphatic rings. The Morgan fingerprint density at radius 1 is 1.18 bits per heavy atom. The molecule has 0 unspecified atom stereocenters. The van der Waals surface area contributed by atoms with Gasteiger partial charge in [0.1, 0.15) is 0 Å². The Labute approximate surface area is 102 Å². The predicted octanol–water partition coefficient (Wildman–Crippen LogP) is 1.21. The number of carbonyl (C=O) groups is 1. The summed E-state index contributed by atoms with van der Waals surface area (Å²) in [5, 5.41) is 0. The van der Waals surface area contributed by atoms with Gasteiger partial charge in [-0.25, -0.2) is 8.42 Å². The molecular formula is C12H16O4S. The maximum Gasteiger partial charge on any atom is 0.306 e. The average Bonchev–Trinajstić information content (AvgIpc) is 2.35. The van der Waals surface area contributed by atoms with Crippen molar-refractivity contribution in [3.8, 4) is 0 Å². The quantitative estimate of drug-likeness (QED) is 0.718. The molecule has 0 bridgehead atoms. The Kier molecular flexibility index (Phi) is 5.15. The zero-order chi connectivity index (χ0) is 12.7. The van der Waals surface area contributed by atoms with Crippen LogP contribution in [0.15, 0.2) is 30.3 Å². The second-order valence-electron chi connectivity index (χ2n) is 3.71. The lowest BCUT2D eigenvalue weighted by molar-refractivity contribution is -0.140. The van der Waals surface area contributed by atoms with Gasteiger partial charge in [0.25, 0.3) is 0 Å². The highest BCUT2D eigenvalue weighted by Gasteiger charge is 2.13. The molecule has 0 saturated heterocycles. The number of esters is 1. The minimum absolute atomic E-state index is 0.0635. The molecule has 17 heavy (non-hydrogen) atoms. The fraction of sp³-hybridized carbons (Fsp3) is 0.417. The van der Waals surface area contributed by atoms with Crippen LogP contribution < -0.4 is 0 Å². The normalized spacial score (nSPS) is 11.1. The lowest BCUT2D eigenvalue weighted by Gasteiger charge is -2.03. The van der Waals surface area contributed by atoms with Crippen molar-refractivity contribution in [2.75, 3.05) is 18.6 Å². The topological polar surface area (TPSA) is 60.4 Å². The van der Waals surface area contributed by atoms with Crippen molar-refractivity contribution in [2.24, 2.45) is 0 Å². The van der Waals surface area contributed by atoms with E-state index in [1.165, 1.54) is 7.11 Å². The molecule has 0 aromatic heterocycles. The van der Waals surface area contributed by atoms with Crippen LogP contribution in [0.25, 0.3) is 0 Å². The number of rotatable bonds is 6. The van der Waals surface area contributed by atoms with Crippen LogP contribution in [0.5, 0.6) is 0 Å². The number of aryl methyl sites for hydroxylation is 1. The van der Waals surface area contributed by atoms with Crippen molar-refractivity contribution in [1.29, 1.82) is 0 Å². The molecule has 4 nitrogen and oxygen atoms in total. The van der Waals surface area contributed by atoms with Gasteiger partial charge in [-0.1, -0.05) is 30.3 Å². The van der Waals surface area contributed by atoms with Gasteiger partial charge in [0.05, 0.1) is 25.0 Å². The first-order chi connectivity index (χ1) is 8.03. The van der Waals surface area contributed by atoms with Gasteiger partial charge in [-0.05, 0) is 12.0 Å². The molecule has 1 aromatic carbocycles. The first-order valence-electron chi connectivity index (χ1n) is 5.34. The molecule has 5 heteroatoms.